The zero-order chi connectivity index (χ0) is 14.8. The third-order valence-corrected chi connectivity index (χ3v) is 3.98. The lowest BCUT2D eigenvalue weighted by Gasteiger charge is -2.29. The van der Waals surface area contributed by atoms with E-state index in [9.17, 15) is 9.59 Å². The molecular weight excluding hydrogens is 268 g/mol. The number of piperidine rings is 1. The Bertz CT molecular complexity index is 719. The first-order valence-corrected chi connectivity index (χ1v) is 7.31. The molecule has 2 heterocycles. The van der Waals surface area contributed by atoms with Gasteiger partial charge in [-0.3, -0.25) is 9.59 Å². The van der Waals surface area contributed by atoms with Crippen LogP contribution in [0.5, 0.6) is 0 Å². The zero-order valence-electron chi connectivity index (χ0n) is 12.0. The first kappa shape index (κ1) is 13.7. The van der Waals surface area contributed by atoms with Crippen LogP contribution in [0, 0.1) is 0 Å². The van der Waals surface area contributed by atoms with Crippen molar-refractivity contribution >= 4 is 16.8 Å². The van der Waals surface area contributed by atoms with Crippen LogP contribution in [0.25, 0.3) is 10.9 Å². The highest BCUT2D eigenvalue weighted by Gasteiger charge is 2.25. The van der Waals surface area contributed by atoms with Crippen LogP contribution in [0.3, 0.4) is 0 Å². The predicted octanol–water partition coefficient (Wildman–Crippen LogP) is 1.36. The summed E-state index contributed by atoms with van der Waals surface area (Å²) < 4.78 is 1.19. The topological polar surface area (TPSA) is 68.1 Å². The van der Waals surface area contributed by atoms with Crippen LogP contribution in [0.15, 0.2) is 29.1 Å². The van der Waals surface area contributed by atoms with Crippen LogP contribution in [0.2, 0.25) is 0 Å². The number of aromatic nitrogens is 3. The molecule has 1 fully saturated rings. The molecule has 1 aliphatic heterocycles. The smallest absolute Gasteiger partial charge is 0.278 e. The number of carbonyl (C=O) groups is 1. The number of carbonyl (C=O) groups excluding carboxylic acids is 1. The third kappa shape index (κ3) is 2.53. The van der Waals surface area contributed by atoms with Crippen molar-refractivity contribution in [3.63, 3.8) is 0 Å². The van der Waals surface area contributed by atoms with Gasteiger partial charge in [-0.15, -0.1) is 5.10 Å². The van der Waals surface area contributed by atoms with Crippen LogP contribution in [-0.2, 0) is 4.79 Å². The van der Waals surface area contributed by atoms with E-state index in [1.807, 2.05) is 11.0 Å². The van der Waals surface area contributed by atoms with E-state index in [1.165, 1.54) is 4.68 Å². The van der Waals surface area contributed by atoms with Gasteiger partial charge in [0, 0.05) is 13.1 Å². The van der Waals surface area contributed by atoms with E-state index in [-0.39, 0.29) is 11.5 Å². The van der Waals surface area contributed by atoms with Gasteiger partial charge < -0.3 is 4.90 Å². The minimum absolute atomic E-state index is 0.0543. The molecule has 2 aromatic rings. The zero-order valence-corrected chi connectivity index (χ0v) is 12.0. The largest absolute Gasteiger partial charge is 0.341 e. The van der Waals surface area contributed by atoms with Crippen molar-refractivity contribution in [1.82, 2.24) is 19.9 Å². The van der Waals surface area contributed by atoms with Gasteiger partial charge in [0.1, 0.15) is 11.6 Å². The van der Waals surface area contributed by atoms with E-state index in [1.54, 1.807) is 25.1 Å². The summed E-state index contributed by atoms with van der Waals surface area (Å²) in [5.74, 6) is -0.0543. The highest BCUT2D eigenvalue weighted by atomic mass is 16.2. The van der Waals surface area contributed by atoms with Crippen LogP contribution >= 0.6 is 0 Å². The molecule has 1 aliphatic rings. The molecule has 6 heteroatoms. The molecule has 0 aliphatic carbocycles. The van der Waals surface area contributed by atoms with Crippen molar-refractivity contribution < 1.29 is 4.79 Å². The number of fused-ring (bicyclic) bond motifs is 1. The molecule has 0 bridgehead atoms. The Morgan fingerprint density at radius 3 is 2.67 bits per heavy atom. The number of nitrogens with zero attached hydrogens (tertiary/aromatic N) is 4. The summed E-state index contributed by atoms with van der Waals surface area (Å²) in [5, 5.41) is 8.45. The van der Waals surface area contributed by atoms with Crippen molar-refractivity contribution in [3.8, 4) is 0 Å². The molecule has 1 unspecified atom stereocenters. The second-order valence-corrected chi connectivity index (χ2v) is 5.42. The van der Waals surface area contributed by atoms with E-state index >= 15 is 0 Å². The van der Waals surface area contributed by atoms with Crippen molar-refractivity contribution in [2.75, 3.05) is 13.1 Å². The van der Waals surface area contributed by atoms with Gasteiger partial charge >= 0.3 is 0 Å². The van der Waals surface area contributed by atoms with Gasteiger partial charge in [-0.1, -0.05) is 17.3 Å². The Hall–Kier alpha value is -2.24. The Kier molecular flexibility index (Phi) is 3.68. The quantitative estimate of drug-likeness (QED) is 0.836. The predicted molar refractivity (Wildman–Crippen MR) is 78.9 cm³/mol. The van der Waals surface area contributed by atoms with Crippen molar-refractivity contribution in [3.05, 3.63) is 34.6 Å². The van der Waals surface area contributed by atoms with Crippen molar-refractivity contribution in [1.29, 1.82) is 0 Å². The third-order valence-electron chi connectivity index (χ3n) is 3.98. The normalized spacial score (nSPS) is 16.9. The average molecular weight is 286 g/mol. The Balaban J connectivity index is 1.94. The summed E-state index contributed by atoms with van der Waals surface area (Å²) >= 11 is 0. The Morgan fingerprint density at radius 2 is 1.90 bits per heavy atom. The fraction of sp³-hybridized carbons (Fsp3) is 0.467. The fourth-order valence-corrected chi connectivity index (χ4v) is 2.74. The SMILES string of the molecule is CC(C(=O)N1CCCCC1)n1nnc2ccccc2c1=O. The average Bonchev–Trinajstić information content (AvgIpc) is 2.55. The van der Waals surface area contributed by atoms with Crippen LogP contribution in [0.1, 0.15) is 32.2 Å². The minimum atomic E-state index is -0.618. The van der Waals surface area contributed by atoms with Gasteiger partial charge in [0.05, 0.1) is 5.39 Å². The van der Waals surface area contributed by atoms with Crippen LogP contribution < -0.4 is 5.56 Å². The number of likely N-dealkylation sites (tertiary alicyclic amines) is 1. The van der Waals surface area contributed by atoms with Crippen molar-refractivity contribution in [2.45, 2.75) is 32.2 Å². The van der Waals surface area contributed by atoms with E-state index in [4.69, 9.17) is 0 Å². The number of benzene rings is 1. The summed E-state index contributed by atoms with van der Waals surface area (Å²) in [4.78, 5) is 26.7. The maximum Gasteiger partial charge on any atom is 0.278 e. The van der Waals surface area contributed by atoms with Gasteiger partial charge in [0.2, 0.25) is 5.91 Å². The van der Waals surface area contributed by atoms with E-state index in [0.29, 0.717) is 10.9 Å². The monoisotopic (exact) mass is 286 g/mol. The first-order chi connectivity index (χ1) is 10.2. The summed E-state index contributed by atoms with van der Waals surface area (Å²) in [6.45, 7) is 3.24. The van der Waals surface area contributed by atoms with E-state index in [2.05, 4.69) is 10.3 Å². The Morgan fingerprint density at radius 1 is 1.19 bits per heavy atom. The lowest BCUT2D eigenvalue weighted by Crippen LogP contribution is -2.42. The summed E-state index contributed by atoms with van der Waals surface area (Å²) in [7, 11) is 0. The molecule has 0 saturated carbocycles. The maximum atomic E-state index is 12.5. The summed E-state index contributed by atoms with van der Waals surface area (Å²) in [6.07, 6.45) is 3.21. The van der Waals surface area contributed by atoms with Gasteiger partial charge in [-0.05, 0) is 38.3 Å². The molecule has 1 atom stereocenters. The van der Waals surface area contributed by atoms with Gasteiger partial charge in [-0.25, -0.2) is 0 Å². The molecular formula is C15H18N4O2. The minimum Gasteiger partial charge on any atom is -0.341 e. The molecule has 0 radical (unpaired) electrons. The van der Waals surface area contributed by atoms with E-state index in [0.717, 1.165) is 32.4 Å². The highest BCUT2D eigenvalue weighted by Crippen LogP contribution is 2.14. The molecule has 0 N–H and O–H groups in total. The molecule has 110 valence electrons. The molecule has 1 amide bonds. The molecule has 1 saturated heterocycles. The number of hydrogen-bond donors (Lipinski definition) is 0. The van der Waals surface area contributed by atoms with Crippen molar-refractivity contribution in [2.24, 2.45) is 0 Å². The summed E-state index contributed by atoms with van der Waals surface area (Å²) in [5.41, 5.74) is 0.287. The maximum absolute atomic E-state index is 12.5. The van der Waals surface area contributed by atoms with Gasteiger partial charge in [-0.2, -0.15) is 4.68 Å². The van der Waals surface area contributed by atoms with Crippen LogP contribution in [0.4, 0.5) is 0 Å². The van der Waals surface area contributed by atoms with E-state index < -0.39 is 6.04 Å². The molecule has 1 aromatic carbocycles. The molecule has 6 nitrogen and oxygen atoms in total. The molecule has 1 aromatic heterocycles. The number of rotatable bonds is 2. The van der Waals surface area contributed by atoms with Gasteiger partial charge in [0.25, 0.3) is 5.56 Å². The lowest BCUT2D eigenvalue weighted by atomic mass is 10.1. The fourth-order valence-electron chi connectivity index (χ4n) is 2.74. The van der Waals surface area contributed by atoms with Gasteiger partial charge in [0.15, 0.2) is 0 Å². The molecule has 21 heavy (non-hydrogen) atoms. The lowest BCUT2D eigenvalue weighted by molar-refractivity contribution is -0.135. The Labute approximate surface area is 122 Å². The number of amides is 1. The van der Waals surface area contributed by atoms with Crippen LogP contribution in [-0.4, -0.2) is 38.9 Å². The second kappa shape index (κ2) is 5.63. The summed E-state index contributed by atoms with van der Waals surface area (Å²) in [6, 6.07) is 6.43. The molecule has 3 rings (SSSR count). The second-order valence-electron chi connectivity index (χ2n) is 5.42. The highest BCUT2D eigenvalue weighted by molar-refractivity contribution is 5.81. The first-order valence-electron chi connectivity index (χ1n) is 7.31. The molecule has 0 spiro atoms. The standard InChI is InChI=1S/C15H18N4O2/c1-11(14(20)18-9-5-2-6-10-18)19-15(21)12-7-3-4-8-13(12)16-17-19/h3-4,7-8,11H,2,5-6,9-10H2,1H3. The number of hydrogen-bond acceptors (Lipinski definition) is 4.